The third kappa shape index (κ3) is 1.51. The monoisotopic (exact) mass is 193 g/mol. The lowest BCUT2D eigenvalue weighted by Crippen LogP contribution is -2.55. The van der Waals surface area contributed by atoms with Crippen LogP contribution in [0.25, 0.3) is 0 Å². The first-order valence-electron chi connectivity index (χ1n) is 4.33. The highest BCUT2D eigenvalue weighted by molar-refractivity contribution is 5.80. The third-order valence-electron chi connectivity index (χ3n) is 2.23. The summed E-state index contributed by atoms with van der Waals surface area (Å²) < 4.78 is 0. The van der Waals surface area contributed by atoms with Gasteiger partial charge in [0, 0.05) is 25.5 Å². The molecule has 1 aromatic heterocycles. The predicted molar refractivity (Wildman–Crippen MR) is 50.1 cm³/mol. The molecule has 74 valence electrons. The molecule has 0 spiro atoms. The molecule has 0 unspecified atom stereocenters. The minimum Gasteiger partial charge on any atom is -0.339 e. The minimum atomic E-state index is -0.128. The summed E-state index contributed by atoms with van der Waals surface area (Å²) in [7, 11) is 0. The molecule has 0 atom stereocenters. The highest BCUT2D eigenvalue weighted by Gasteiger charge is 2.33. The van der Waals surface area contributed by atoms with Crippen LogP contribution in [0.4, 0.5) is 5.95 Å². The Kier molecular flexibility index (Phi) is 2.28. The van der Waals surface area contributed by atoms with Crippen LogP contribution in [0.3, 0.4) is 0 Å². The molecule has 0 radical (unpaired) electrons. The van der Waals surface area contributed by atoms with Crippen molar-refractivity contribution in [2.45, 2.75) is 0 Å². The van der Waals surface area contributed by atoms with Gasteiger partial charge in [-0.3, -0.25) is 10.2 Å². The maximum Gasteiger partial charge on any atom is 0.240 e. The Balaban J connectivity index is 1.92. The third-order valence-corrected chi connectivity index (χ3v) is 2.23. The van der Waals surface area contributed by atoms with Gasteiger partial charge in [0.15, 0.2) is 0 Å². The molecule has 0 bridgehead atoms. The average molecular weight is 193 g/mol. The van der Waals surface area contributed by atoms with Crippen molar-refractivity contribution >= 4 is 11.9 Å². The van der Waals surface area contributed by atoms with E-state index in [1.807, 2.05) is 4.90 Å². The maximum absolute atomic E-state index is 11.1. The van der Waals surface area contributed by atoms with E-state index in [0.717, 1.165) is 0 Å². The van der Waals surface area contributed by atoms with E-state index in [0.29, 0.717) is 19.0 Å². The van der Waals surface area contributed by atoms with Crippen LogP contribution in [-0.2, 0) is 4.79 Å². The van der Waals surface area contributed by atoms with Gasteiger partial charge in [-0.2, -0.15) is 0 Å². The van der Waals surface area contributed by atoms with E-state index in [-0.39, 0.29) is 11.8 Å². The second kappa shape index (κ2) is 3.59. The minimum absolute atomic E-state index is 0.0381. The summed E-state index contributed by atoms with van der Waals surface area (Å²) in [4.78, 5) is 21.1. The van der Waals surface area contributed by atoms with Crippen molar-refractivity contribution in [3.05, 3.63) is 18.5 Å². The van der Waals surface area contributed by atoms with Crippen LogP contribution in [0.1, 0.15) is 0 Å². The molecule has 2 heterocycles. The molecule has 0 aromatic carbocycles. The van der Waals surface area contributed by atoms with Gasteiger partial charge in [-0.15, -0.1) is 0 Å². The van der Waals surface area contributed by atoms with Gasteiger partial charge in [-0.1, -0.05) is 0 Å². The lowest BCUT2D eigenvalue weighted by Gasteiger charge is -2.37. The number of nitrogens with zero attached hydrogens (tertiary/aromatic N) is 3. The Labute approximate surface area is 81.1 Å². The fraction of sp³-hybridized carbons (Fsp3) is 0.375. The van der Waals surface area contributed by atoms with Crippen molar-refractivity contribution in [3.8, 4) is 0 Å². The number of carbonyl (C=O) groups is 1. The van der Waals surface area contributed by atoms with Crippen LogP contribution in [0.2, 0.25) is 0 Å². The summed E-state index contributed by atoms with van der Waals surface area (Å²) >= 11 is 0. The van der Waals surface area contributed by atoms with Crippen molar-refractivity contribution in [2.75, 3.05) is 18.0 Å². The van der Waals surface area contributed by atoms with Crippen molar-refractivity contribution in [1.29, 1.82) is 0 Å². The van der Waals surface area contributed by atoms with Gasteiger partial charge in [0.1, 0.15) is 0 Å². The van der Waals surface area contributed by atoms with Crippen LogP contribution < -0.4 is 16.2 Å². The summed E-state index contributed by atoms with van der Waals surface area (Å²) in [6, 6.07) is 1.76. The number of nitrogens with two attached hydrogens (primary N) is 1. The molecule has 1 aliphatic rings. The van der Waals surface area contributed by atoms with Gasteiger partial charge in [0.05, 0.1) is 5.92 Å². The molecule has 1 amide bonds. The summed E-state index contributed by atoms with van der Waals surface area (Å²) in [6.45, 7) is 1.26. The van der Waals surface area contributed by atoms with Gasteiger partial charge >= 0.3 is 0 Å². The predicted octanol–water partition coefficient (Wildman–Crippen LogP) is -1.10. The zero-order valence-electron chi connectivity index (χ0n) is 7.55. The van der Waals surface area contributed by atoms with Gasteiger partial charge in [-0.25, -0.2) is 15.8 Å². The average Bonchev–Trinajstić information content (AvgIpc) is 2.17. The van der Waals surface area contributed by atoms with Crippen molar-refractivity contribution in [2.24, 2.45) is 11.8 Å². The van der Waals surface area contributed by atoms with E-state index in [1.165, 1.54) is 0 Å². The fourth-order valence-electron chi connectivity index (χ4n) is 1.38. The first-order chi connectivity index (χ1) is 6.81. The topological polar surface area (TPSA) is 84.1 Å². The van der Waals surface area contributed by atoms with E-state index in [4.69, 9.17) is 5.84 Å². The van der Waals surface area contributed by atoms with Crippen molar-refractivity contribution in [1.82, 2.24) is 15.4 Å². The molecular weight excluding hydrogens is 182 g/mol. The molecule has 0 aliphatic carbocycles. The smallest absolute Gasteiger partial charge is 0.240 e. The van der Waals surface area contributed by atoms with Crippen LogP contribution in [-0.4, -0.2) is 29.0 Å². The number of amides is 1. The Bertz CT molecular complexity index is 322. The maximum atomic E-state index is 11.1. The largest absolute Gasteiger partial charge is 0.339 e. The van der Waals surface area contributed by atoms with E-state index in [9.17, 15) is 4.79 Å². The number of rotatable bonds is 2. The summed E-state index contributed by atoms with van der Waals surface area (Å²) in [6.07, 6.45) is 3.36. The van der Waals surface area contributed by atoms with Gasteiger partial charge in [0.25, 0.3) is 0 Å². The molecule has 14 heavy (non-hydrogen) atoms. The highest BCUT2D eigenvalue weighted by atomic mass is 16.2. The summed E-state index contributed by atoms with van der Waals surface area (Å²) in [5, 5.41) is 0. The number of hydrazine groups is 1. The quantitative estimate of drug-likeness (QED) is 0.354. The number of aromatic nitrogens is 2. The van der Waals surface area contributed by atoms with Crippen molar-refractivity contribution < 1.29 is 4.79 Å². The molecule has 1 aliphatic heterocycles. The number of carbonyl (C=O) groups excluding carboxylic acids is 1. The van der Waals surface area contributed by atoms with E-state index in [1.54, 1.807) is 18.5 Å². The molecule has 3 N–H and O–H groups in total. The SMILES string of the molecule is NNC(=O)C1CN(c2ncccn2)C1. The van der Waals surface area contributed by atoms with Gasteiger partial charge in [0.2, 0.25) is 11.9 Å². The normalized spacial score (nSPS) is 16.2. The lowest BCUT2D eigenvalue weighted by molar-refractivity contribution is -0.125. The number of hydrogen-bond acceptors (Lipinski definition) is 5. The van der Waals surface area contributed by atoms with Crippen LogP contribution >= 0.6 is 0 Å². The zero-order chi connectivity index (χ0) is 9.97. The lowest BCUT2D eigenvalue weighted by atomic mass is 10.0. The Morgan fingerprint density at radius 1 is 1.50 bits per heavy atom. The Morgan fingerprint density at radius 2 is 2.14 bits per heavy atom. The Hall–Kier alpha value is -1.69. The highest BCUT2D eigenvalue weighted by Crippen LogP contribution is 2.19. The first-order valence-corrected chi connectivity index (χ1v) is 4.33. The molecule has 6 heteroatoms. The van der Waals surface area contributed by atoms with Gasteiger partial charge < -0.3 is 4.90 Å². The summed E-state index contributed by atoms with van der Waals surface area (Å²) in [5.41, 5.74) is 2.13. The zero-order valence-corrected chi connectivity index (χ0v) is 7.55. The first kappa shape index (κ1) is 8.89. The molecule has 1 saturated heterocycles. The van der Waals surface area contributed by atoms with E-state index < -0.39 is 0 Å². The second-order valence-corrected chi connectivity index (χ2v) is 3.16. The summed E-state index contributed by atoms with van der Waals surface area (Å²) in [5.74, 6) is 5.51. The van der Waals surface area contributed by atoms with E-state index >= 15 is 0 Å². The van der Waals surface area contributed by atoms with E-state index in [2.05, 4.69) is 15.4 Å². The number of anilines is 1. The fourth-order valence-corrected chi connectivity index (χ4v) is 1.38. The molecule has 0 saturated carbocycles. The second-order valence-electron chi connectivity index (χ2n) is 3.16. The molecule has 1 aromatic rings. The van der Waals surface area contributed by atoms with Gasteiger partial charge in [-0.05, 0) is 6.07 Å². The molecule has 6 nitrogen and oxygen atoms in total. The van der Waals surface area contributed by atoms with Crippen LogP contribution in [0, 0.1) is 5.92 Å². The van der Waals surface area contributed by atoms with Crippen LogP contribution in [0.5, 0.6) is 0 Å². The standard InChI is InChI=1S/C8H11N5O/c9-12-7(14)6-4-13(5-6)8-10-2-1-3-11-8/h1-3,6H,4-5,9H2,(H,12,14). The molecule has 2 rings (SSSR count). The Morgan fingerprint density at radius 3 is 2.71 bits per heavy atom. The number of hydrogen-bond donors (Lipinski definition) is 2. The number of nitrogens with one attached hydrogen (secondary N) is 1. The van der Waals surface area contributed by atoms with Crippen LogP contribution in [0.15, 0.2) is 18.5 Å². The molecular formula is C8H11N5O. The molecule has 1 fully saturated rings. The van der Waals surface area contributed by atoms with Crippen molar-refractivity contribution in [3.63, 3.8) is 0 Å².